The Morgan fingerprint density at radius 2 is 1.97 bits per heavy atom. The molecular formula is C31H36N6O2. The van der Waals surface area contributed by atoms with E-state index in [2.05, 4.69) is 33.9 Å². The van der Waals surface area contributed by atoms with Crippen LogP contribution in [0.4, 0.5) is 11.5 Å². The first-order chi connectivity index (χ1) is 19.1. The van der Waals surface area contributed by atoms with E-state index in [-0.39, 0.29) is 5.91 Å². The Labute approximate surface area is 229 Å². The summed E-state index contributed by atoms with van der Waals surface area (Å²) < 4.78 is 7.89. The van der Waals surface area contributed by atoms with E-state index in [9.17, 15) is 10.1 Å². The van der Waals surface area contributed by atoms with E-state index in [1.54, 1.807) is 6.92 Å². The number of nitriles is 1. The number of benzene rings is 1. The van der Waals surface area contributed by atoms with Crippen molar-refractivity contribution in [2.75, 3.05) is 31.2 Å². The zero-order valence-electron chi connectivity index (χ0n) is 22.7. The molecular weight excluding hydrogens is 488 g/mol. The van der Waals surface area contributed by atoms with E-state index < -0.39 is 0 Å². The first-order valence-electron chi connectivity index (χ1n) is 14.6. The van der Waals surface area contributed by atoms with Gasteiger partial charge in [-0.2, -0.15) is 10.4 Å². The van der Waals surface area contributed by atoms with Crippen LogP contribution in [0.1, 0.15) is 79.4 Å². The van der Waals surface area contributed by atoms with Gasteiger partial charge in [0.15, 0.2) is 5.82 Å². The Morgan fingerprint density at radius 1 is 1.13 bits per heavy atom. The molecule has 0 N–H and O–H groups in total. The number of rotatable bonds is 4. The highest BCUT2D eigenvalue weighted by Gasteiger charge is 2.34. The van der Waals surface area contributed by atoms with Crippen molar-refractivity contribution in [3.8, 4) is 6.07 Å². The van der Waals surface area contributed by atoms with Crippen LogP contribution < -0.4 is 4.90 Å². The summed E-state index contributed by atoms with van der Waals surface area (Å²) in [4.78, 5) is 21.4. The zero-order valence-corrected chi connectivity index (χ0v) is 22.7. The highest BCUT2D eigenvalue weighted by Crippen LogP contribution is 2.42. The maximum absolute atomic E-state index is 12.4. The minimum absolute atomic E-state index is 0.104. The average molecular weight is 525 g/mol. The molecule has 39 heavy (non-hydrogen) atoms. The number of aryl methyl sites for hydroxylation is 1. The topological polar surface area (TPSA) is 86.8 Å². The van der Waals surface area contributed by atoms with Gasteiger partial charge in [-0.3, -0.25) is 14.5 Å². The van der Waals surface area contributed by atoms with Gasteiger partial charge in [0.25, 0.3) is 0 Å². The Bertz CT molecular complexity index is 1410. The molecule has 8 heteroatoms. The summed E-state index contributed by atoms with van der Waals surface area (Å²) in [5.74, 6) is 1.80. The third-order valence-electron chi connectivity index (χ3n) is 9.22. The first kappa shape index (κ1) is 24.6. The molecule has 7 rings (SSSR count). The van der Waals surface area contributed by atoms with E-state index in [4.69, 9.17) is 14.8 Å². The number of hydrogen-bond donors (Lipinski definition) is 0. The van der Waals surface area contributed by atoms with Crippen LogP contribution in [0.5, 0.6) is 0 Å². The molecule has 4 aliphatic heterocycles. The second-order valence-corrected chi connectivity index (χ2v) is 11.7. The lowest BCUT2D eigenvalue weighted by molar-refractivity contribution is -0.129. The van der Waals surface area contributed by atoms with Gasteiger partial charge in [0.2, 0.25) is 5.91 Å². The summed E-state index contributed by atoms with van der Waals surface area (Å²) in [5.41, 5.74) is 7.49. The minimum atomic E-state index is 0.104. The molecule has 1 aromatic carbocycles. The van der Waals surface area contributed by atoms with Crippen molar-refractivity contribution in [3.05, 3.63) is 46.2 Å². The number of carbonyl (C=O) groups excluding carboxylic acids is 1. The molecule has 0 bridgehead atoms. The van der Waals surface area contributed by atoms with Crippen molar-refractivity contribution in [1.29, 1.82) is 5.26 Å². The summed E-state index contributed by atoms with van der Waals surface area (Å²) in [7, 11) is 0. The zero-order chi connectivity index (χ0) is 26.5. The minimum Gasteiger partial charge on any atom is -0.381 e. The number of carbonyl (C=O) groups is 1. The summed E-state index contributed by atoms with van der Waals surface area (Å²) in [6.07, 6.45) is 12.6. The van der Waals surface area contributed by atoms with E-state index in [0.717, 1.165) is 99.0 Å². The van der Waals surface area contributed by atoms with Crippen LogP contribution in [0, 0.1) is 17.2 Å². The highest BCUT2D eigenvalue weighted by atomic mass is 16.5. The van der Waals surface area contributed by atoms with E-state index in [1.807, 2.05) is 11.1 Å². The summed E-state index contributed by atoms with van der Waals surface area (Å²) in [5, 5.41) is 15.5. The lowest BCUT2D eigenvalue weighted by Gasteiger charge is -2.33. The van der Waals surface area contributed by atoms with Crippen molar-refractivity contribution in [1.82, 2.24) is 14.7 Å². The molecule has 1 aliphatic carbocycles. The van der Waals surface area contributed by atoms with Crippen LogP contribution >= 0.6 is 0 Å². The number of allylic oxidation sites excluding steroid dienone is 1. The van der Waals surface area contributed by atoms with Gasteiger partial charge >= 0.3 is 0 Å². The van der Waals surface area contributed by atoms with Crippen LogP contribution in [-0.4, -0.2) is 59.1 Å². The summed E-state index contributed by atoms with van der Waals surface area (Å²) in [6, 6.07) is 7.51. The Kier molecular flexibility index (Phi) is 6.27. The fourth-order valence-electron chi connectivity index (χ4n) is 6.84. The van der Waals surface area contributed by atoms with Crippen LogP contribution in [0.15, 0.2) is 23.2 Å². The number of amides is 1. The van der Waals surface area contributed by atoms with Crippen LogP contribution in [-0.2, 0) is 28.9 Å². The van der Waals surface area contributed by atoms with E-state index >= 15 is 0 Å². The SMILES string of the molecule is CC(=O)N1CCc2c(c(N3CCCc4cc(C5=CCC(C6CC6)N=C5)c(C#N)cc43)nn2C2CCOCC2)C1. The number of ether oxygens (including phenoxy) is 1. The molecule has 5 aliphatic rings. The van der Waals surface area contributed by atoms with Crippen LogP contribution in [0.25, 0.3) is 5.57 Å². The Hall–Kier alpha value is -3.44. The largest absolute Gasteiger partial charge is 0.381 e. The van der Waals surface area contributed by atoms with Gasteiger partial charge in [0.05, 0.1) is 30.3 Å². The molecule has 1 unspecified atom stereocenters. The quantitative estimate of drug-likeness (QED) is 0.577. The van der Waals surface area contributed by atoms with Gasteiger partial charge in [0.1, 0.15) is 0 Å². The lowest BCUT2D eigenvalue weighted by Crippen LogP contribution is -2.36. The second-order valence-electron chi connectivity index (χ2n) is 11.7. The maximum atomic E-state index is 12.4. The number of fused-ring (bicyclic) bond motifs is 2. The molecule has 2 fully saturated rings. The maximum Gasteiger partial charge on any atom is 0.219 e. The third kappa shape index (κ3) is 4.47. The van der Waals surface area contributed by atoms with Gasteiger partial charge < -0.3 is 14.5 Å². The van der Waals surface area contributed by atoms with Crippen molar-refractivity contribution >= 4 is 29.2 Å². The Morgan fingerprint density at radius 3 is 2.69 bits per heavy atom. The van der Waals surface area contributed by atoms with Crippen molar-refractivity contribution < 1.29 is 9.53 Å². The number of nitrogens with zero attached hydrogens (tertiary/aromatic N) is 6. The van der Waals surface area contributed by atoms with Crippen LogP contribution in [0.2, 0.25) is 0 Å². The number of anilines is 2. The Balaban J connectivity index is 1.27. The molecule has 1 saturated carbocycles. The third-order valence-corrected chi connectivity index (χ3v) is 9.22. The monoisotopic (exact) mass is 524 g/mol. The molecule has 5 heterocycles. The molecule has 1 atom stereocenters. The van der Waals surface area contributed by atoms with Gasteiger partial charge in [-0.25, -0.2) is 0 Å². The first-order valence-corrected chi connectivity index (χ1v) is 14.6. The predicted octanol–water partition coefficient (Wildman–Crippen LogP) is 4.73. The van der Waals surface area contributed by atoms with Gasteiger partial charge in [-0.15, -0.1) is 0 Å². The fourth-order valence-corrected chi connectivity index (χ4v) is 6.84. The number of aromatic nitrogens is 2. The molecule has 0 spiro atoms. The molecule has 1 aromatic heterocycles. The molecule has 202 valence electrons. The fraction of sp³-hybridized carbons (Fsp3) is 0.548. The van der Waals surface area contributed by atoms with Gasteiger partial charge in [-0.1, -0.05) is 6.08 Å². The van der Waals surface area contributed by atoms with E-state index in [1.165, 1.54) is 24.1 Å². The van der Waals surface area contributed by atoms with Gasteiger partial charge in [-0.05, 0) is 74.1 Å². The average Bonchev–Trinajstić information content (AvgIpc) is 3.77. The van der Waals surface area contributed by atoms with Crippen LogP contribution in [0.3, 0.4) is 0 Å². The lowest BCUT2D eigenvalue weighted by atomic mass is 9.90. The molecule has 8 nitrogen and oxygen atoms in total. The number of aliphatic imine (C=N–C) groups is 1. The summed E-state index contributed by atoms with van der Waals surface area (Å²) in [6.45, 7) is 5.34. The number of hydrogen-bond acceptors (Lipinski definition) is 6. The molecule has 2 aromatic rings. The smallest absolute Gasteiger partial charge is 0.219 e. The standard InChI is InChI=1S/C31H36N6O2/c1-20(38)35-12-8-29-27(19-35)31(34-37(29)25-9-13-39-14-10-25)36-11-2-3-22-15-26(24(17-32)16-30(22)36)23-6-7-28(33-18-23)21-4-5-21/h6,15-16,18,21,25,28H,2-5,7-14,19H2,1H3. The number of dihydropyridines is 1. The van der Waals surface area contributed by atoms with Crippen molar-refractivity contribution in [3.63, 3.8) is 0 Å². The molecule has 0 radical (unpaired) electrons. The van der Waals surface area contributed by atoms with Crippen molar-refractivity contribution in [2.45, 2.75) is 76.9 Å². The second kappa shape index (κ2) is 9.95. The normalized spacial score (nSPS) is 23.2. The molecule has 1 amide bonds. The van der Waals surface area contributed by atoms with Gasteiger partial charge in [0, 0.05) is 68.4 Å². The van der Waals surface area contributed by atoms with E-state index in [0.29, 0.717) is 24.2 Å². The predicted molar refractivity (Wildman–Crippen MR) is 150 cm³/mol. The molecule has 1 saturated heterocycles. The van der Waals surface area contributed by atoms with Crippen molar-refractivity contribution in [2.24, 2.45) is 10.9 Å². The summed E-state index contributed by atoms with van der Waals surface area (Å²) >= 11 is 0. The highest BCUT2D eigenvalue weighted by molar-refractivity contribution is 6.11.